The monoisotopic (exact) mass is 390 g/mol. The molecule has 0 aromatic carbocycles. The molecule has 148 valence electrons. The van der Waals surface area contributed by atoms with Gasteiger partial charge in [-0.2, -0.15) is 0 Å². The molecule has 2 rings (SSSR count). The summed E-state index contributed by atoms with van der Waals surface area (Å²) < 4.78 is 35.2. The molecule has 0 radical (unpaired) electrons. The van der Waals surface area contributed by atoms with E-state index in [-0.39, 0.29) is 0 Å². The predicted molar refractivity (Wildman–Crippen MR) is 76.5 cm³/mol. The van der Waals surface area contributed by atoms with Gasteiger partial charge in [-0.25, -0.2) is 8.42 Å². The van der Waals surface area contributed by atoms with Crippen molar-refractivity contribution in [1.29, 1.82) is 0 Å². The fourth-order valence-electron chi connectivity index (χ4n) is 2.81. The van der Waals surface area contributed by atoms with Crippen molar-refractivity contribution < 1.29 is 58.7 Å². The van der Waals surface area contributed by atoms with E-state index >= 15 is 0 Å². The van der Waals surface area contributed by atoms with Crippen LogP contribution in [0.5, 0.6) is 0 Å². The van der Waals surface area contributed by atoms with Crippen molar-refractivity contribution in [2.75, 3.05) is 13.2 Å². The van der Waals surface area contributed by atoms with E-state index in [0.29, 0.717) is 0 Å². The van der Waals surface area contributed by atoms with Crippen LogP contribution in [0.2, 0.25) is 0 Å². The maximum absolute atomic E-state index is 12.7. The quantitative estimate of drug-likeness (QED) is 0.225. The van der Waals surface area contributed by atoms with E-state index in [4.69, 9.17) is 19.7 Å². The molecule has 2 heterocycles. The summed E-state index contributed by atoms with van der Waals surface area (Å²) >= 11 is 0. The zero-order valence-corrected chi connectivity index (χ0v) is 13.6. The van der Waals surface area contributed by atoms with Crippen molar-refractivity contribution in [3.63, 3.8) is 0 Å². The summed E-state index contributed by atoms with van der Waals surface area (Å²) in [5.74, 6) is 0. The molecule has 0 aromatic heterocycles. The van der Waals surface area contributed by atoms with Crippen molar-refractivity contribution in [3.05, 3.63) is 0 Å². The van der Waals surface area contributed by atoms with Crippen LogP contribution in [-0.4, -0.2) is 122 Å². The van der Waals surface area contributed by atoms with Gasteiger partial charge in [0.2, 0.25) is 9.84 Å². The molecule has 13 heteroatoms. The van der Waals surface area contributed by atoms with Gasteiger partial charge < -0.3 is 50.3 Å². The molecule has 0 saturated carbocycles. The summed E-state index contributed by atoms with van der Waals surface area (Å²) in [6, 6.07) is 0. The van der Waals surface area contributed by atoms with Gasteiger partial charge >= 0.3 is 0 Å². The van der Waals surface area contributed by atoms with E-state index in [9.17, 15) is 39.1 Å². The number of aliphatic hydroxyl groups excluding tert-OH is 8. The van der Waals surface area contributed by atoms with Crippen LogP contribution in [-0.2, 0) is 19.3 Å². The van der Waals surface area contributed by atoms with Crippen LogP contribution >= 0.6 is 0 Å². The Morgan fingerprint density at radius 1 is 0.600 bits per heavy atom. The highest BCUT2D eigenvalue weighted by Gasteiger charge is 2.56. The lowest BCUT2D eigenvalue weighted by Crippen LogP contribution is -2.66. The fourth-order valence-corrected chi connectivity index (χ4v) is 4.77. The van der Waals surface area contributed by atoms with Crippen LogP contribution in [0.1, 0.15) is 0 Å². The third-order valence-electron chi connectivity index (χ3n) is 4.34. The van der Waals surface area contributed by atoms with E-state index in [2.05, 4.69) is 0 Å². The Labute approximate surface area is 142 Å². The summed E-state index contributed by atoms with van der Waals surface area (Å²) in [4.78, 5) is 0. The van der Waals surface area contributed by atoms with Gasteiger partial charge in [0.15, 0.2) is 10.9 Å². The highest BCUT2D eigenvalue weighted by molar-refractivity contribution is 7.92. The van der Waals surface area contributed by atoms with Crippen LogP contribution in [0.25, 0.3) is 0 Å². The molecular formula is C12H22O12S. The molecule has 2 aliphatic heterocycles. The minimum absolute atomic E-state index is 0.869. The first-order valence-electron chi connectivity index (χ1n) is 7.41. The topological polar surface area (TPSA) is 214 Å². The lowest BCUT2D eigenvalue weighted by molar-refractivity contribution is -0.218. The van der Waals surface area contributed by atoms with E-state index in [1.165, 1.54) is 0 Å². The Kier molecular flexibility index (Phi) is 6.39. The molecule has 0 aliphatic carbocycles. The van der Waals surface area contributed by atoms with Gasteiger partial charge in [-0.1, -0.05) is 0 Å². The normalized spacial score (nSPS) is 49.1. The lowest BCUT2D eigenvalue weighted by Gasteiger charge is -2.44. The van der Waals surface area contributed by atoms with E-state index in [0.717, 1.165) is 0 Å². The summed E-state index contributed by atoms with van der Waals surface area (Å²) in [5, 5.41) is 76.8. The second-order valence-electron chi connectivity index (χ2n) is 5.98. The third kappa shape index (κ3) is 3.54. The van der Waals surface area contributed by atoms with Crippen molar-refractivity contribution in [3.8, 4) is 0 Å². The molecule has 0 bridgehead atoms. The molecular weight excluding hydrogens is 368 g/mol. The average molecular weight is 390 g/mol. The number of hydrogen-bond donors (Lipinski definition) is 8. The molecule has 2 saturated heterocycles. The largest absolute Gasteiger partial charge is 0.394 e. The number of rotatable bonds is 4. The van der Waals surface area contributed by atoms with E-state index < -0.39 is 82.8 Å². The second-order valence-corrected chi connectivity index (χ2v) is 8.09. The lowest BCUT2D eigenvalue weighted by atomic mass is 10.0. The van der Waals surface area contributed by atoms with Gasteiger partial charge in [0.05, 0.1) is 13.2 Å². The molecule has 10 atom stereocenters. The number of ether oxygens (including phenoxy) is 2. The zero-order valence-electron chi connectivity index (χ0n) is 12.8. The standard InChI is InChI=1S/C12H22O12S/c13-1-3-5(15)7(17)9(19)11(23-3)25(21,22)12-10(20)8(18)6(16)4(2-14)24-12/h3-20H,1-2H2/t3-,4-,5-,6-,7+,8+,9-,10-,11+,12+/m1/s1. The van der Waals surface area contributed by atoms with E-state index in [1.807, 2.05) is 0 Å². The predicted octanol–water partition coefficient (Wildman–Crippen LogP) is -6.00. The molecule has 25 heavy (non-hydrogen) atoms. The van der Waals surface area contributed by atoms with Crippen molar-refractivity contribution in [2.45, 2.75) is 59.7 Å². The van der Waals surface area contributed by atoms with Gasteiger partial charge in [0.1, 0.15) is 48.8 Å². The highest BCUT2D eigenvalue weighted by Crippen LogP contribution is 2.32. The summed E-state index contributed by atoms with van der Waals surface area (Å²) in [6.45, 7) is -1.74. The van der Waals surface area contributed by atoms with Gasteiger partial charge in [-0.3, -0.25) is 0 Å². The molecule has 0 amide bonds. The van der Waals surface area contributed by atoms with E-state index in [1.54, 1.807) is 0 Å². The fraction of sp³-hybridized carbons (Fsp3) is 1.00. The molecule has 2 aliphatic rings. The number of aliphatic hydroxyl groups is 8. The zero-order chi connectivity index (χ0) is 19.1. The Morgan fingerprint density at radius 2 is 0.920 bits per heavy atom. The minimum Gasteiger partial charge on any atom is -0.394 e. The van der Waals surface area contributed by atoms with Gasteiger partial charge in [-0.05, 0) is 0 Å². The number of sulfone groups is 1. The molecule has 8 N–H and O–H groups in total. The molecule has 0 unspecified atom stereocenters. The van der Waals surface area contributed by atoms with Crippen LogP contribution in [0.15, 0.2) is 0 Å². The second kappa shape index (κ2) is 7.66. The Morgan fingerprint density at radius 3 is 1.20 bits per heavy atom. The highest BCUT2D eigenvalue weighted by atomic mass is 32.2. The van der Waals surface area contributed by atoms with Crippen molar-refractivity contribution in [1.82, 2.24) is 0 Å². The van der Waals surface area contributed by atoms with Crippen LogP contribution in [0.3, 0.4) is 0 Å². The van der Waals surface area contributed by atoms with Crippen LogP contribution in [0, 0.1) is 0 Å². The smallest absolute Gasteiger partial charge is 0.209 e. The average Bonchev–Trinajstić information content (AvgIpc) is 2.57. The van der Waals surface area contributed by atoms with Gasteiger partial charge in [0, 0.05) is 0 Å². The first kappa shape index (κ1) is 20.9. The SMILES string of the molecule is O=S(=O)([C@@H]1O[C@H](CO)[C@@H](O)[C@H](O)[C@H]1O)[C@@H]1O[C@H](CO)[C@@H](O)[C@H](O)[C@H]1O. The Bertz CT molecular complexity index is 508. The first-order chi connectivity index (χ1) is 11.6. The van der Waals surface area contributed by atoms with Crippen molar-refractivity contribution in [2.24, 2.45) is 0 Å². The van der Waals surface area contributed by atoms with Crippen LogP contribution in [0.4, 0.5) is 0 Å². The molecule has 2 fully saturated rings. The Hall–Kier alpha value is -0.450. The van der Waals surface area contributed by atoms with Crippen LogP contribution < -0.4 is 0 Å². The van der Waals surface area contributed by atoms with Gasteiger partial charge in [-0.15, -0.1) is 0 Å². The summed E-state index contributed by atoms with van der Waals surface area (Å²) in [6.07, 6.45) is -14.8. The summed E-state index contributed by atoms with van der Waals surface area (Å²) in [5.41, 5.74) is -4.41. The van der Waals surface area contributed by atoms with Gasteiger partial charge in [0.25, 0.3) is 0 Å². The molecule has 0 aromatic rings. The minimum atomic E-state index is -4.79. The number of hydrogen-bond acceptors (Lipinski definition) is 12. The van der Waals surface area contributed by atoms with Crippen molar-refractivity contribution >= 4 is 9.84 Å². The first-order valence-corrected chi connectivity index (χ1v) is 9.02. The molecule has 12 nitrogen and oxygen atoms in total. The third-order valence-corrected chi connectivity index (χ3v) is 6.42. The Balaban J connectivity index is 2.33. The molecule has 0 spiro atoms. The maximum atomic E-state index is 12.7. The summed E-state index contributed by atoms with van der Waals surface area (Å²) in [7, 11) is -4.79. The maximum Gasteiger partial charge on any atom is 0.209 e.